The Morgan fingerprint density at radius 3 is 2.53 bits per heavy atom. The van der Waals surface area contributed by atoms with E-state index in [1.807, 2.05) is 0 Å². The molecule has 0 saturated carbocycles. The molecule has 0 saturated heterocycles. The maximum atomic E-state index is 12.3. The van der Waals surface area contributed by atoms with Gasteiger partial charge in [0, 0.05) is 30.3 Å². The number of nitrogen functional groups attached to an aromatic ring is 2. The Hall–Kier alpha value is -4.29. The Kier molecular flexibility index (Phi) is 6.77. The number of carbonyl (C=O) groups excluding carboxylic acids is 3. The first kappa shape index (κ1) is 22.4. The molecule has 2 heterocycles. The lowest BCUT2D eigenvalue weighted by Gasteiger charge is -2.28. The monoisotopic (exact) mass is 442 g/mol. The van der Waals surface area contributed by atoms with Crippen LogP contribution in [0.3, 0.4) is 0 Å². The molecule has 0 aliphatic carbocycles. The highest BCUT2D eigenvalue weighted by molar-refractivity contribution is 5.96. The van der Waals surface area contributed by atoms with Crippen LogP contribution in [0, 0.1) is 0 Å². The number of aromatic nitrogens is 2. The Morgan fingerprint density at radius 2 is 1.88 bits per heavy atom. The molecule has 0 spiro atoms. The van der Waals surface area contributed by atoms with E-state index in [0.717, 1.165) is 5.69 Å². The van der Waals surface area contributed by atoms with E-state index in [1.54, 1.807) is 12.1 Å². The number of fused-ring (bicyclic) bond motifs is 1. The minimum absolute atomic E-state index is 0.0347. The van der Waals surface area contributed by atoms with Crippen LogP contribution in [0.15, 0.2) is 24.3 Å². The summed E-state index contributed by atoms with van der Waals surface area (Å²) in [6.45, 7) is 1.07. The van der Waals surface area contributed by atoms with E-state index >= 15 is 0 Å². The van der Waals surface area contributed by atoms with Crippen molar-refractivity contribution in [2.75, 3.05) is 40.5 Å². The summed E-state index contributed by atoms with van der Waals surface area (Å²) in [6.07, 6.45) is -0.842. The van der Waals surface area contributed by atoms with Crippen LogP contribution >= 0.6 is 0 Å². The summed E-state index contributed by atoms with van der Waals surface area (Å²) in [5.41, 5.74) is 13.0. The van der Waals surface area contributed by atoms with Gasteiger partial charge in [-0.3, -0.25) is 4.79 Å². The number of hydrogen-bond donors (Lipinski definition) is 6. The summed E-state index contributed by atoms with van der Waals surface area (Å²) < 4.78 is 0. The molecule has 13 nitrogen and oxygen atoms in total. The average molecular weight is 442 g/mol. The van der Waals surface area contributed by atoms with Gasteiger partial charge < -0.3 is 52.5 Å². The van der Waals surface area contributed by atoms with Gasteiger partial charge in [0.15, 0.2) is 11.6 Å². The zero-order chi connectivity index (χ0) is 23.3. The lowest BCUT2D eigenvalue weighted by molar-refractivity contribution is -0.309. The van der Waals surface area contributed by atoms with E-state index in [9.17, 15) is 24.6 Å². The van der Waals surface area contributed by atoms with Crippen molar-refractivity contribution < 1.29 is 24.6 Å². The van der Waals surface area contributed by atoms with Crippen molar-refractivity contribution in [2.24, 2.45) is 0 Å². The van der Waals surface area contributed by atoms with Crippen LogP contribution in [0.1, 0.15) is 23.2 Å². The molecule has 0 fully saturated rings. The summed E-state index contributed by atoms with van der Waals surface area (Å²) in [5.74, 6) is -2.77. The van der Waals surface area contributed by atoms with Gasteiger partial charge in [-0.15, -0.1) is 0 Å². The molecule has 1 aromatic carbocycles. The molecule has 2 atom stereocenters. The second kappa shape index (κ2) is 9.68. The Morgan fingerprint density at radius 1 is 1.16 bits per heavy atom. The van der Waals surface area contributed by atoms with Gasteiger partial charge in [0.25, 0.3) is 5.91 Å². The van der Waals surface area contributed by atoms with Crippen LogP contribution < -0.4 is 42.9 Å². The van der Waals surface area contributed by atoms with E-state index in [1.165, 1.54) is 12.1 Å². The molecule has 0 bridgehead atoms. The van der Waals surface area contributed by atoms with E-state index in [0.29, 0.717) is 24.6 Å². The number of carbonyl (C=O) groups is 3. The third-order valence-electron chi connectivity index (χ3n) is 4.75. The van der Waals surface area contributed by atoms with Crippen molar-refractivity contribution in [3.8, 4) is 0 Å². The average Bonchev–Trinajstić information content (AvgIpc) is 2.75. The fourth-order valence-electron chi connectivity index (χ4n) is 3.10. The lowest BCUT2D eigenvalue weighted by Crippen LogP contribution is -2.48. The fourth-order valence-corrected chi connectivity index (χ4v) is 3.10. The molecule has 170 valence electrons. The first-order chi connectivity index (χ1) is 15.2. The predicted molar refractivity (Wildman–Crippen MR) is 112 cm³/mol. The first-order valence-corrected chi connectivity index (χ1v) is 9.72. The highest BCUT2D eigenvalue weighted by atomic mass is 16.4. The zero-order valence-corrected chi connectivity index (χ0v) is 16.9. The smallest absolute Gasteiger partial charge is 0.251 e. The number of rotatable bonds is 9. The van der Waals surface area contributed by atoms with Crippen LogP contribution in [0.25, 0.3) is 0 Å². The molecule has 8 N–H and O–H groups in total. The Bertz CT molecular complexity index is 1010. The number of anilines is 5. The standard InChI is InChI=1S/C19H24N8O5/c20-15-14-16(27-19(21)26-15)23-8-11(24-14)7-22-10-3-1-9(2-4-10)17(30)25-12(18(31)32)5-6-13(28)29/h1-4,11-12,22,24H,5-8H2,(H,25,30)(H,28,29)(H,31,32)(H5,20,21,23,26,27)/p-2/t11-,12-/m0/s1. The van der Waals surface area contributed by atoms with Crippen molar-refractivity contribution in [3.63, 3.8) is 0 Å². The maximum absolute atomic E-state index is 12.3. The number of carboxylic acid groups (broad SMARTS) is 2. The molecular weight excluding hydrogens is 420 g/mol. The van der Waals surface area contributed by atoms with Crippen LogP contribution in [0.2, 0.25) is 0 Å². The predicted octanol–water partition coefficient (Wildman–Crippen LogP) is -2.66. The molecule has 0 unspecified atom stereocenters. The van der Waals surface area contributed by atoms with Crippen LogP contribution in [0.4, 0.5) is 29.0 Å². The number of nitrogens with two attached hydrogens (primary N) is 2. The van der Waals surface area contributed by atoms with E-state index in [2.05, 4.69) is 31.2 Å². The first-order valence-electron chi connectivity index (χ1n) is 9.72. The summed E-state index contributed by atoms with van der Waals surface area (Å²) in [5, 5.41) is 33.5. The highest BCUT2D eigenvalue weighted by Crippen LogP contribution is 2.29. The zero-order valence-electron chi connectivity index (χ0n) is 16.9. The van der Waals surface area contributed by atoms with Gasteiger partial charge in [-0.25, -0.2) is 0 Å². The molecule has 0 radical (unpaired) electrons. The van der Waals surface area contributed by atoms with Gasteiger partial charge in [0.05, 0.1) is 18.1 Å². The summed E-state index contributed by atoms with van der Waals surface area (Å²) in [6, 6.07) is 4.88. The third-order valence-corrected chi connectivity index (χ3v) is 4.75. The second-order valence-electron chi connectivity index (χ2n) is 7.13. The van der Waals surface area contributed by atoms with Gasteiger partial charge >= 0.3 is 0 Å². The molecule has 1 aliphatic rings. The Balaban J connectivity index is 1.54. The summed E-state index contributed by atoms with van der Waals surface area (Å²) in [4.78, 5) is 41.9. The molecule has 1 aliphatic heterocycles. The van der Waals surface area contributed by atoms with Gasteiger partial charge in [-0.05, 0) is 37.1 Å². The van der Waals surface area contributed by atoms with Crippen molar-refractivity contribution in [2.45, 2.75) is 24.9 Å². The molecule has 13 heteroatoms. The number of nitrogens with one attached hydrogen (secondary N) is 4. The molecule has 3 rings (SSSR count). The maximum Gasteiger partial charge on any atom is 0.251 e. The summed E-state index contributed by atoms with van der Waals surface area (Å²) >= 11 is 0. The second-order valence-corrected chi connectivity index (χ2v) is 7.13. The number of amides is 1. The van der Waals surface area contributed by atoms with Crippen LogP contribution in [-0.4, -0.2) is 53.0 Å². The Labute approximate surface area is 182 Å². The minimum Gasteiger partial charge on any atom is -0.550 e. The SMILES string of the molecule is Nc1nc(N)c2c(n1)NC[C@H](CNc1ccc(C(=O)N[C@@H](CCC(=O)[O-])C(=O)[O-])cc1)N2. The van der Waals surface area contributed by atoms with E-state index < -0.39 is 30.3 Å². The van der Waals surface area contributed by atoms with Crippen molar-refractivity contribution >= 4 is 46.8 Å². The molecule has 2 aromatic rings. The number of carboxylic acids is 2. The van der Waals surface area contributed by atoms with Crippen LogP contribution in [-0.2, 0) is 9.59 Å². The molecular formula is C19H22N8O5-2. The van der Waals surface area contributed by atoms with Gasteiger partial charge in [0.2, 0.25) is 5.95 Å². The molecule has 32 heavy (non-hydrogen) atoms. The van der Waals surface area contributed by atoms with Gasteiger partial charge in [-0.1, -0.05) is 0 Å². The van der Waals surface area contributed by atoms with Crippen LogP contribution in [0.5, 0.6) is 0 Å². The largest absolute Gasteiger partial charge is 0.550 e. The molecule has 1 aromatic heterocycles. The summed E-state index contributed by atoms with van der Waals surface area (Å²) in [7, 11) is 0. The number of nitrogens with zero attached hydrogens (tertiary/aromatic N) is 2. The third kappa shape index (κ3) is 5.65. The lowest BCUT2D eigenvalue weighted by atomic mass is 10.1. The van der Waals surface area contributed by atoms with Crippen molar-refractivity contribution in [1.82, 2.24) is 15.3 Å². The molecule has 1 amide bonds. The van der Waals surface area contributed by atoms with Crippen molar-refractivity contribution in [3.05, 3.63) is 29.8 Å². The fraction of sp³-hybridized carbons (Fsp3) is 0.316. The number of benzene rings is 1. The normalized spacial score (nSPS) is 15.4. The highest BCUT2D eigenvalue weighted by Gasteiger charge is 2.21. The number of hydrogen-bond acceptors (Lipinski definition) is 12. The van der Waals surface area contributed by atoms with Gasteiger partial charge in [0.1, 0.15) is 5.69 Å². The van der Waals surface area contributed by atoms with E-state index in [4.69, 9.17) is 11.5 Å². The van der Waals surface area contributed by atoms with E-state index in [-0.39, 0.29) is 29.8 Å². The minimum atomic E-state index is -1.57. The topological polar surface area (TPSA) is 223 Å². The number of aliphatic carboxylic acids is 2. The van der Waals surface area contributed by atoms with Crippen molar-refractivity contribution in [1.29, 1.82) is 0 Å². The quantitative estimate of drug-likeness (QED) is 0.234. The van der Waals surface area contributed by atoms with Gasteiger partial charge in [-0.2, -0.15) is 9.97 Å².